The van der Waals surface area contributed by atoms with Crippen LogP contribution in [0, 0.1) is 13.8 Å². The molecule has 0 radical (unpaired) electrons. The van der Waals surface area contributed by atoms with Gasteiger partial charge in [-0.15, -0.1) is 0 Å². The lowest BCUT2D eigenvalue weighted by Gasteiger charge is -2.14. The van der Waals surface area contributed by atoms with Crippen molar-refractivity contribution in [1.82, 2.24) is 0 Å². The summed E-state index contributed by atoms with van der Waals surface area (Å²) in [7, 11) is 0. The molecule has 0 saturated carbocycles. The van der Waals surface area contributed by atoms with Crippen LogP contribution in [0.5, 0.6) is 5.75 Å². The maximum atomic E-state index is 12.6. The van der Waals surface area contributed by atoms with Gasteiger partial charge in [-0.25, -0.2) is 9.59 Å². The summed E-state index contributed by atoms with van der Waals surface area (Å²) in [6.45, 7) is 7.13. The van der Waals surface area contributed by atoms with Crippen LogP contribution >= 0.6 is 0 Å². The van der Waals surface area contributed by atoms with Gasteiger partial charge >= 0.3 is 11.6 Å². The highest BCUT2D eigenvalue weighted by Gasteiger charge is 2.17. The summed E-state index contributed by atoms with van der Waals surface area (Å²) in [5.74, 6) is 0.0652. The number of carbonyl (C=O) groups is 1. The molecule has 0 spiro atoms. The molecule has 3 rings (SSSR count). The third-order valence-electron chi connectivity index (χ3n) is 4.42. The van der Waals surface area contributed by atoms with E-state index in [1.54, 1.807) is 19.9 Å². The van der Waals surface area contributed by atoms with Crippen LogP contribution in [0.4, 0.5) is 0 Å². The number of hydrogen-bond acceptors (Lipinski definition) is 5. The number of benzene rings is 2. The van der Waals surface area contributed by atoms with Gasteiger partial charge in [0.05, 0.1) is 11.5 Å². The van der Waals surface area contributed by atoms with Crippen molar-refractivity contribution in [1.29, 1.82) is 0 Å². The van der Waals surface area contributed by atoms with Gasteiger partial charge in [0.15, 0.2) is 6.61 Å². The highest BCUT2D eigenvalue weighted by atomic mass is 16.6. The molecule has 0 saturated heterocycles. The lowest BCUT2D eigenvalue weighted by Crippen LogP contribution is -2.19. The number of rotatable bonds is 6. The van der Waals surface area contributed by atoms with Gasteiger partial charge in [0, 0.05) is 12.0 Å². The van der Waals surface area contributed by atoms with Crippen LogP contribution in [0.25, 0.3) is 11.0 Å². The van der Waals surface area contributed by atoms with Gasteiger partial charge in [-0.2, -0.15) is 0 Å². The summed E-state index contributed by atoms with van der Waals surface area (Å²) in [5.41, 5.74) is 3.36. The van der Waals surface area contributed by atoms with Crippen molar-refractivity contribution >= 4 is 16.9 Å². The Balaban J connectivity index is 2.02. The molecule has 0 bridgehead atoms. The van der Waals surface area contributed by atoms with Crippen molar-refractivity contribution in [3.63, 3.8) is 0 Å². The second-order valence-corrected chi connectivity index (χ2v) is 7.12. The molecule has 28 heavy (non-hydrogen) atoms. The minimum Gasteiger partial charge on any atom is -0.481 e. The maximum absolute atomic E-state index is 12.6. The zero-order valence-electron chi connectivity index (χ0n) is 16.6. The molecule has 0 fully saturated rings. The van der Waals surface area contributed by atoms with Crippen LogP contribution in [0.1, 0.15) is 36.1 Å². The molecule has 5 nitrogen and oxygen atoms in total. The lowest BCUT2D eigenvalue weighted by molar-refractivity contribution is -0.149. The van der Waals surface area contributed by atoms with E-state index in [4.69, 9.17) is 13.9 Å². The van der Waals surface area contributed by atoms with E-state index < -0.39 is 5.97 Å². The van der Waals surface area contributed by atoms with Crippen LogP contribution in [-0.4, -0.2) is 18.7 Å². The van der Waals surface area contributed by atoms with Crippen molar-refractivity contribution in [3.8, 4) is 5.75 Å². The molecule has 0 atom stereocenters. The number of esters is 1. The van der Waals surface area contributed by atoms with E-state index in [0.717, 1.165) is 16.7 Å². The van der Waals surface area contributed by atoms with Gasteiger partial charge < -0.3 is 13.9 Å². The average Bonchev–Trinajstić information content (AvgIpc) is 2.63. The van der Waals surface area contributed by atoms with E-state index in [1.807, 2.05) is 50.2 Å². The van der Waals surface area contributed by atoms with Crippen LogP contribution in [-0.2, 0) is 16.0 Å². The Kier molecular flexibility index (Phi) is 5.83. The molecular weight excluding hydrogens is 356 g/mol. The Morgan fingerprint density at radius 2 is 1.82 bits per heavy atom. The zero-order chi connectivity index (χ0) is 20.3. The van der Waals surface area contributed by atoms with Crippen molar-refractivity contribution in [2.24, 2.45) is 0 Å². The Bertz CT molecular complexity index is 1050. The molecule has 1 heterocycles. The van der Waals surface area contributed by atoms with Crippen LogP contribution in [0.3, 0.4) is 0 Å². The summed E-state index contributed by atoms with van der Waals surface area (Å²) in [5, 5.41) is 0.702. The first-order valence-electron chi connectivity index (χ1n) is 9.28. The van der Waals surface area contributed by atoms with Crippen molar-refractivity contribution < 1.29 is 18.7 Å². The predicted molar refractivity (Wildman–Crippen MR) is 108 cm³/mol. The zero-order valence-corrected chi connectivity index (χ0v) is 16.6. The Labute approximate surface area is 163 Å². The largest absolute Gasteiger partial charge is 0.481 e. The minimum atomic E-state index is -0.441. The van der Waals surface area contributed by atoms with Crippen molar-refractivity contribution in [3.05, 3.63) is 75.1 Å². The highest BCUT2D eigenvalue weighted by Crippen LogP contribution is 2.31. The fourth-order valence-electron chi connectivity index (χ4n) is 3.19. The van der Waals surface area contributed by atoms with Crippen molar-refractivity contribution in [2.75, 3.05) is 6.61 Å². The van der Waals surface area contributed by atoms with E-state index in [1.165, 1.54) is 0 Å². The van der Waals surface area contributed by atoms with E-state index in [9.17, 15) is 9.59 Å². The first-order valence-corrected chi connectivity index (χ1v) is 9.28. The number of fused-ring (bicyclic) bond motifs is 1. The molecule has 0 unspecified atom stereocenters. The first-order chi connectivity index (χ1) is 13.3. The summed E-state index contributed by atoms with van der Waals surface area (Å²) in [6, 6.07) is 13.4. The predicted octanol–water partition coefficient (Wildman–Crippen LogP) is 4.33. The second kappa shape index (κ2) is 8.30. The van der Waals surface area contributed by atoms with Gasteiger partial charge in [-0.3, -0.25) is 0 Å². The van der Waals surface area contributed by atoms with Gasteiger partial charge in [-0.05, 0) is 56.5 Å². The number of aryl methyl sites for hydroxylation is 2. The molecule has 0 N–H and O–H groups in total. The molecule has 0 amide bonds. The third kappa shape index (κ3) is 4.42. The van der Waals surface area contributed by atoms with E-state index in [0.29, 0.717) is 28.7 Å². The van der Waals surface area contributed by atoms with Gasteiger partial charge in [0.25, 0.3) is 0 Å². The quantitative estimate of drug-likeness (QED) is 0.470. The molecule has 2 aromatic carbocycles. The fraction of sp³-hybridized carbons (Fsp3) is 0.304. The number of hydrogen-bond donors (Lipinski definition) is 0. The molecule has 0 aliphatic rings. The third-order valence-corrected chi connectivity index (χ3v) is 4.42. The highest BCUT2D eigenvalue weighted by molar-refractivity contribution is 5.88. The maximum Gasteiger partial charge on any atom is 0.344 e. The monoisotopic (exact) mass is 380 g/mol. The summed E-state index contributed by atoms with van der Waals surface area (Å²) in [6.07, 6.45) is 0.260. The average molecular weight is 380 g/mol. The van der Waals surface area contributed by atoms with Crippen LogP contribution in [0.2, 0.25) is 0 Å². The molecule has 0 aliphatic carbocycles. The minimum absolute atomic E-state index is 0.205. The van der Waals surface area contributed by atoms with E-state index >= 15 is 0 Å². The van der Waals surface area contributed by atoms with Gasteiger partial charge in [0.2, 0.25) is 0 Å². The SMILES string of the molecule is Cc1cc(OCC(=O)OC(C)C)c2c(C)c(Cc3ccccc3)c(=O)oc2c1. The Morgan fingerprint density at radius 3 is 2.50 bits per heavy atom. The first kappa shape index (κ1) is 19.7. The second-order valence-electron chi connectivity index (χ2n) is 7.12. The molecule has 1 aromatic heterocycles. The van der Waals surface area contributed by atoms with Crippen molar-refractivity contribution in [2.45, 2.75) is 40.2 Å². The smallest absolute Gasteiger partial charge is 0.344 e. The number of carbonyl (C=O) groups excluding carboxylic acids is 1. The van der Waals surface area contributed by atoms with Crippen LogP contribution < -0.4 is 10.4 Å². The molecule has 0 aliphatic heterocycles. The molecule has 146 valence electrons. The standard InChI is InChI=1S/C23H24O5/c1-14(2)27-21(24)13-26-19-10-15(3)11-20-22(19)16(4)18(23(25)28-20)12-17-8-6-5-7-9-17/h5-11,14H,12-13H2,1-4H3. The molecule has 3 aromatic rings. The summed E-state index contributed by atoms with van der Waals surface area (Å²) in [4.78, 5) is 24.5. The normalized spacial score (nSPS) is 11.0. The Morgan fingerprint density at radius 1 is 1.11 bits per heavy atom. The fourth-order valence-corrected chi connectivity index (χ4v) is 3.19. The summed E-state index contributed by atoms with van der Waals surface area (Å²) >= 11 is 0. The van der Waals surface area contributed by atoms with Gasteiger partial charge in [0.1, 0.15) is 11.3 Å². The van der Waals surface area contributed by atoms with E-state index in [-0.39, 0.29) is 18.3 Å². The number of ether oxygens (including phenoxy) is 2. The van der Waals surface area contributed by atoms with Gasteiger partial charge in [-0.1, -0.05) is 30.3 Å². The lowest BCUT2D eigenvalue weighted by atomic mass is 9.98. The summed E-state index contributed by atoms with van der Waals surface area (Å²) < 4.78 is 16.5. The Hall–Kier alpha value is -3.08. The van der Waals surface area contributed by atoms with E-state index in [2.05, 4.69) is 0 Å². The molecular formula is C23H24O5. The van der Waals surface area contributed by atoms with Crippen LogP contribution in [0.15, 0.2) is 51.7 Å². The topological polar surface area (TPSA) is 65.7 Å². The molecule has 5 heteroatoms.